The molecule has 0 spiro atoms. The molecule has 15 rings (SSSR count). The molecule has 7 saturated heterocycles. The number of benzene rings is 3. The van der Waals surface area contributed by atoms with Crippen molar-refractivity contribution in [3.05, 3.63) is 50.8 Å². The van der Waals surface area contributed by atoms with Gasteiger partial charge < -0.3 is 152 Å². The van der Waals surface area contributed by atoms with Crippen molar-refractivity contribution in [1.29, 1.82) is 0 Å². The number of carbonyl (C=O) groups excluding carboxylic acids is 5. The number of hydrogen-bond acceptors (Lipinski definition) is 36. The van der Waals surface area contributed by atoms with Crippen LogP contribution in [0.15, 0.2) is 11.8 Å². The van der Waals surface area contributed by atoms with Crippen molar-refractivity contribution in [2.45, 2.75) is 346 Å². The molecule has 0 radical (unpaired) electrons. The Kier molecular flexibility index (Phi) is 23.8. The molecule has 33 atom stereocenters. The minimum Gasteiger partial charge on any atom is -0.507 e. The number of allylic oxidation sites excluding steroid dienone is 2. The highest BCUT2D eigenvalue weighted by atomic mass is 16.8. The fourth-order valence-electron chi connectivity index (χ4n) is 21.2. The molecule has 4 bridgehead atoms. The largest absolute Gasteiger partial charge is 0.507 e. The number of rotatable bonds is 21. The lowest BCUT2D eigenvalue weighted by molar-refractivity contribution is -0.358. The summed E-state index contributed by atoms with van der Waals surface area (Å²) in [5.74, 6) is -16.7. The SMILES string of the molecule is CCCC1(O)C(O[C@H]2CC[C@H](O[C@H]3CC[C@@](O)(C(C)=O)[C@H](C)O3)[C@@H](C)O2)C(O)C(O[C@H]2C[C@@H](O)[C@@H](O)[C@H](C)O2)C2Cc3cc4c(OC)c(OC)c(C5=C(OC)C(=O)c6c(O)c7c(c(O)c6C5=O)C(=O)C5(O)C6C7OC5(CCC)C(O[C@H]5CC[C@H](O[C@H]7CC[C@H](O)[C@@H](C)O7)[C@@H](C)O5)C(O)C6O[C@H]5C[C@@H](O)[C@@H](O)[C@H](C)O5)c(O)c4c(O)c3C(=O)C21O. The van der Waals surface area contributed by atoms with E-state index in [0.29, 0.717) is 12.8 Å². The molecular weight excluding hydrogens is 1570 g/mol. The van der Waals surface area contributed by atoms with Crippen LogP contribution in [0.3, 0.4) is 0 Å². The van der Waals surface area contributed by atoms with Gasteiger partial charge in [-0.05, 0) is 105 Å². The zero-order chi connectivity index (χ0) is 86.0. The lowest BCUT2D eigenvalue weighted by Gasteiger charge is -2.60. The van der Waals surface area contributed by atoms with Crippen LogP contribution in [0.2, 0.25) is 0 Å². The number of aliphatic hydroxyl groups is 11. The van der Waals surface area contributed by atoms with Crippen LogP contribution in [0.5, 0.6) is 34.5 Å². The van der Waals surface area contributed by atoms with E-state index in [-0.39, 0.29) is 68.7 Å². The first-order chi connectivity index (χ1) is 56.3. The molecule has 13 unspecified atom stereocenters. The summed E-state index contributed by atoms with van der Waals surface area (Å²) in [6.45, 7) is 14.1. The molecule has 15 N–H and O–H groups in total. The first-order valence-corrected chi connectivity index (χ1v) is 41.2. The molecule has 119 heavy (non-hydrogen) atoms. The first kappa shape index (κ1) is 87.5. The molecule has 658 valence electrons. The standard InChI is InChI=1S/C83H110O36/c1-13-22-80(101)77(117-45-19-16-43(31(5)108-45)114-47-21-24-79(100,34(8)84)35(9)112-47)67(96)70(115-48-27-40(86)59(88)32(6)110-48)38-26-36-25-37-51(61(90)50(36)75(98)82(38,80)102)62(91)55(73(106-12)69(37)104-10)54-63(92)52-53(66(95)72(54)105-11)64(93)56-57(65(52)94)76(99)83(103)58-71(56)119-81(83,23-14-2)78(68(97)74(58)116-49-28-41(87)60(89)33(7)111-49)118-46-20-17-42(30(4)109-46)113-44-18-15-39(85)29(3)107-44/h25,29-33,35,38-49,58-60,67-68,70-71,74,77-78,85-91,93-94,96-97,100-103H,13-24,26-28H2,1-12H3/t29-,30-,31-,32+,33+,35+,38?,39+,40-,41-,42+,43+,44+,45+,46+,47+,48+,49+,58?,59+,60+,67?,68?,70?,71?,74?,77?,78?,79-,80?,81?,82?,83?/m1/s1. The van der Waals surface area contributed by atoms with Crippen LogP contribution in [0, 0.1) is 11.8 Å². The molecule has 36 heteroatoms. The molecule has 3 aromatic rings. The number of phenols is 4. The zero-order valence-corrected chi connectivity index (χ0v) is 68.1. The Labute approximate surface area is 683 Å². The second-order valence-electron chi connectivity index (χ2n) is 34.3. The van der Waals surface area contributed by atoms with E-state index in [1.165, 1.54) is 26.8 Å². The topological polar surface area (TPSA) is 536 Å². The third kappa shape index (κ3) is 13.5. The van der Waals surface area contributed by atoms with Gasteiger partial charge in [-0.2, -0.15) is 0 Å². The molecule has 7 heterocycles. The summed E-state index contributed by atoms with van der Waals surface area (Å²) in [6, 6.07) is 1.25. The van der Waals surface area contributed by atoms with Gasteiger partial charge in [-0.25, -0.2) is 0 Å². The molecular formula is C83H110O36. The summed E-state index contributed by atoms with van der Waals surface area (Å²) in [4.78, 5) is 77.0. The third-order valence-electron chi connectivity index (χ3n) is 27.5. The van der Waals surface area contributed by atoms with Crippen LogP contribution in [-0.2, 0) is 77.5 Å². The van der Waals surface area contributed by atoms with Gasteiger partial charge in [0.1, 0.15) is 76.4 Å². The predicted octanol–water partition coefficient (Wildman–Crippen LogP) is 2.44. The van der Waals surface area contributed by atoms with Crippen molar-refractivity contribution in [2.75, 3.05) is 21.3 Å². The van der Waals surface area contributed by atoms with Crippen LogP contribution in [0.4, 0.5) is 0 Å². The zero-order valence-electron chi connectivity index (χ0n) is 68.1. The van der Waals surface area contributed by atoms with Gasteiger partial charge in [-0.3, -0.25) is 24.0 Å². The van der Waals surface area contributed by atoms with Gasteiger partial charge in [0.15, 0.2) is 72.0 Å². The minimum atomic E-state index is -3.20. The summed E-state index contributed by atoms with van der Waals surface area (Å²) < 4.78 is 101. The molecule has 5 aliphatic carbocycles. The smallest absolute Gasteiger partial charge is 0.232 e. The number of aromatic hydroxyl groups is 4. The Bertz CT molecular complexity index is 4470. The molecule has 2 saturated carbocycles. The Morgan fingerprint density at radius 3 is 1.55 bits per heavy atom. The Balaban J connectivity index is 0.806. The molecule has 9 fully saturated rings. The van der Waals surface area contributed by atoms with E-state index in [4.69, 9.17) is 75.8 Å². The van der Waals surface area contributed by atoms with Gasteiger partial charge in [-0.15, -0.1) is 0 Å². The second kappa shape index (κ2) is 32.3. The molecule has 7 aliphatic heterocycles. The van der Waals surface area contributed by atoms with Crippen LogP contribution >= 0.6 is 0 Å². The highest BCUT2D eigenvalue weighted by Gasteiger charge is 2.82. The summed E-state index contributed by atoms with van der Waals surface area (Å²) in [7, 11) is 3.11. The quantitative estimate of drug-likeness (QED) is 0.0681. The lowest BCUT2D eigenvalue weighted by atomic mass is 9.53. The van der Waals surface area contributed by atoms with Crippen molar-refractivity contribution in [2.24, 2.45) is 11.8 Å². The van der Waals surface area contributed by atoms with Crippen molar-refractivity contribution in [1.82, 2.24) is 0 Å². The van der Waals surface area contributed by atoms with Gasteiger partial charge in [0.25, 0.3) is 0 Å². The second-order valence-corrected chi connectivity index (χ2v) is 34.3. The average molecular weight is 1680 g/mol. The summed E-state index contributed by atoms with van der Waals surface area (Å²) in [5.41, 5.74) is -19.7. The molecule has 12 aliphatic rings. The number of hydrogen-bond donors (Lipinski definition) is 15. The number of carbonyl (C=O) groups is 5. The Hall–Kier alpha value is -6.35. The molecule has 3 aromatic carbocycles. The van der Waals surface area contributed by atoms with Gasteiger partial charge in [0.2, 0.25) is 23.1 Å². The van der Waals surface area contributed by atoms with E-state index in [1.54, 1.807) is 41.5 Å². The van der Waals surface area contributed by atoms with Crippen molar-refractivity contribution in [3.63, 3.8) is 0 Å². The van der Waals surface area contributed by atoms with E-state index < -0.39 is 339 Å². The monoisotopic (exact) mass is 1680 g/mol. The maximum Gasteiger partial charge on any atom is 0.232 e. The van der Waals surface area contributed by atoms with Crippen LogP contribution in [0.25, 0.3) is 16.3 Å². The Morgan fingerprint density at radius 2 is 1.01 bits per heavy atom. The molecule has 0 aromatic heterocycles. The summed E-state index contributed by atoms with van der Waals surface area (Å²) in [5, 5.41) is 184. The predicted molar refractivity (Wildman–Crippen MR) is 402 cm³/mol. The third-order valence-corrected chi connectivity index (χ3v) is 27.5. The normalized spacial score (nSPS) is 43.4. The van der Waals surface area contributed by atoms with Crippen molar-refractivity contribution in [3.8, 4) is 34.5 Å². The Morgan fingerprint density at radius 1 is 0.496 bits per heavy atom. The average Bonchev–Trinajstić information content (AvgIpc) is 1.43. The van der Waals surface area contributed by atoms with E-state index in [2.05, 4.69) is 0 Å². The maximum atomic E-state index is 16.4. The summed E-state index contributed by atoms with van der Waals surface area (Å²) >= 11 is 0. The lowest BCUT2D eigenvalue weighted by Crippen LogP contribution is -2.80. The number of fused-ring (bicyclic) bond motifs is 6. The summed E-state index contributed by atoms with van der Waals surface area (Å²) in [6.07, 6.45) is -33.8. The van der Waals surface area contributed by atoms with E-state index >= 15 is 19.2 Å². The highest BCUT2D eigenvalue weighted by molar-refractivity contribution is 6.43. The van der Waals surface area contributed by atoms with E-state index in [9.17, 15) is 81.4 Å². The maximum absolute atomic E-state index is 16.4. The van der Waals surface area contributed by atoms with E-state index in [1.807, 2.05) is 0 Å². The highest BCUT2D eigenvalue weighted by Crippen LogP contribution is 2.69. The number of methoxy groups -OCH3 is 3. The number of ether oxygens (including phenoxy) is 16. The van der Waals surface area contributed by atoms with Crippen LogP contribution < -0.4 is 9.47 Å². The van der Waals surface area contributed by atoms with Crippen molar-refractivity contribution < 1.29 is 176 Å². The number of ketones is 5. The fraction of sp³-hybridized carbons (Fsp3) is 0.723. The number of aliphatic hydroxyl groups excluding tert-OH is 7. The van der Waals surface area contributed by atoms with E-state index in [0.717, 1.165) is 21.3 Å². The molecule has 36 nitrogen and oxygen atoms in total. The number of Topliss-reactive ketones (excluding diaryl/α,β-unsaturated/α-hetero) is 5. The van der Waals surface area contributed by atoms with Gasteiger partial charge in [-0.1, -0.05) is 26.7 Å². The van der Waals surface area contributed by atoms with Crippen molar-refractivity contribution >= 4 is 45.3 Å². The fourth-order valence-corrected chi connectivity index (χ4v) is 21.2. The minimum absolute atomic E-state index is 0.00463. The van der Waals surface area contributed by atoms with Crippen LogP contribution in [0.1, 0.15) is 216 Å². The van der Waals surface area contributed by atoms with Gasteiger partial charge >= 0.3 is 0 Å². The number of phenolic OH excluding ortho intramolecular Hbond substituents is 4. The molecule has 0 amide bonds. The van der Waals surface area contributed by atoms with Crippen LogP contribution in [-0.4, -0.2) is 309 Å². The van der Waals surface area contributed by atoms with Gasteiger partial charge in [0, 0.05) is 55.4 Å². The first-order valence-electron chi connectivity index (χ1n) is 41.2. The van der Waals surface area contributed by atoms with Gasteiger partial charge in [0.05, 0.1) is 151 Å².